The highest BCUT2D eigenvalue weighted by molar-refractivity contribution is 6.10. The van der Waals surface area contributed by atoms with E-state index in [1.165, 1.54) is 30.1 Å². The van der Waals surface area contributed by atoms with E-state index in [0.717, 1.165) is 0 Å². The molecular formula is C17H14N2O4. The Morgan fingerprint density at radius 1 is 1.04 bits per heavy atom. The summed E-state index contributed by atoms with van der Waals surface area (Å²) >= 11 is 0. The summed E-state index contributed by atoms with van der Waals surface area (Å²) in [7, 11) is 1.51. The highest BCUT2D eigenvalue weighted by atomic mass is 16.3. The predicted molar refractivity (Wildman–Crippen MR) is 87.1 cm³/mol. The zero-order chi connectivity index (χ0) is 16.6. The fraction of sp³-hybridized carbons (Fsp3) is 0.0588. The maximum atomic E-state index is 12.6. The standard InChI is InChI=1S/C17H14N2O4/c1-19(10-6-3-2-4-7-10)17(23)14-15(21)13-11(18-16(14)22)8-5-9-12(13)20/h2-9,20H,1H3,(H2,18,21,22). The number of aromatic amines is 1. The lowest BCUT2D eigenvalue weighted by Crippen LogP contribution is -2.31. The molecule has 0 saturated carbocycles. The summed E-state index contributed by atoms with van der Waals surface area (Å²) in [6.07, 6.45) is 0. The first-order chi connectivity index (χ1) is 11.0. The molecule has 0 radical (unpaired) electrons. The van der Waals surface area contributed by atoms with Crippen LogP contribution in [0.2, 0.25) is 0 Å². The number of phenolic OH excluding ortho intramolecular Hbond substituents is 1. The summed E-state index contributed by atoms with van der Waals surface area (Å²) in [5, 5.41) is 20.3. The van der Waals surface area contributed by atoms with Gasteiger partial charge < -0.3 is 20.1 Å². The van der Waals surface area contributed by atoms with Crippen molar-refractivity contribution in [3.8, 4) is 11.5 Å². The van der Waals surface area contributed by atoms with Crippen LogP contribution in [-0.4, -0.2) is 28.2 Å². The van der Waals surface area contributed by atoms with Gasteiger partial charge in [-0.25, -0.2) is 0 Å². The average Bonchev–Trinajstić information content (AvgIpc) is 2.54. The van der Waals surface area contributed by atoms with Crippen molar-refractivity contribution in [3.05, 3.63) is 64.4 Å². The quantitative estimate of drug-likeness (QED) is 0.676. The van der Waals surface area contributed by atoms with E-state index in [1.807, 2.05) is 0 Å². The Morgan fingerprint density at radius 3 is 2.43 bits per heavy atom. The van der Waals surface area contributed by atoms with Gasteiger partial charge in [0.1, 0.15) is 17.1 Å². The van der Waals surface area contributed by atoms with Crippen LogP contribution in [0.3, 0.4) is 0 Å². The third-order valence-electron chi connectivity index (χ3n) is 3.65. The van der Waals surface area contributed by atoms with Crippen LogP contribution in [0.5, 0.6) is 11.5 Å². The van der Waals surface area contributed by atoms with Gasteiger partial charge in [-0.2, -0.15) is 0 Å². The number of H-pyrrole nitrogens is 1. The molecule has 0 unspecified atom stereocenters. The molecule has 2 aromatic carbocycles. The fourth-order valence-corrected chi connectivity index (χ4v) is 2.45. The summed E-state index contributed by atoms with van der Waals surface area (Å²) < 4.78 is 0. The monoisotopic (exact) mass is 310 g/mol. The molecule has 0 saturated heterocycles. The van der Waals surface area contributed by atoms with E-state index in [1.54, 1.807) is 30.3 Å². The molecule has 0 atom stereocenters. The van der Waals surface area contributed by atoms with Gasteiger partial charge in [0.25, 0.3) is 11.5 Å². The highest BCUT2D eigenvalue weighted by Crippen LogP contribution is 2.33. The lowest BCUT2D eigenvalue weighted by atomic mass is 10.1. The van der Waals surface area contributed by atoms with Crippen LogP contribution in [-0.2, 0) is 0 Å². The van der Waals surface area contributed by atoms with Crippen molar-refractivity contribution >= 4 is 22.5 Å². The second kappa shape index (κ2) is 5.49. The van der Waals surface area contributed by atoms with E-state index in [9.17, 15) is 19.8 Å². The number of carbonyl (C=O) groups is 1. The molecule has 1 amide bonds. The molecule has 1 heterocycles. The molecule has 3 aromatic rings. The van der Waals surface area contributed by atoms with E-state index in [0.29, 0.717) is 5.69 Å². The molecule has 6 nitrogen and oxygen atoms in total. The van der Waals surface area contributed by atoms with Crippen molar-refractivity contribution in [2.75, 3.05) is 11.9 Å². The van der Waals surface area contributed by atoms with E-state index in [4.69, 9.17) is 0 Å². The lowest BCUT2D eigenvalue weighted by molar-refractivity contribution is 0.0989. The van der Waals surface area contributed by atoms with Gasteiger partial charge in [-0.05, 0) is 24.3 Å². The topological polar surface area (TPSA) is 93.6 Å². The number of nitrogens with zero attached hydrogens (tertiary/aromatic N) is 1. The maximum Gasteiger partial charge on any atom is 0.267 e. The van der Waals surface area contributed by atoms with Crippen molar-refractivity contribution in [3.63, 3.8) is 0 Å². The van der Waals surface area contributed by atoms with Gasteiger partial charge in [0.15, 0.2) is 0 Å². The molecule has 6 heteroatoms. The molecule has 0 aliphatic heterocycles. The van der Waals surface area contributed by atoms with E-state index >= 15 is 0 Å². The lowest BCUT2D eigenvalue weighted by Gasteiger charge is -2.18. The minimum Gasteiger partial charge on any atom is -0.507 e. The number of aromatic nitrogens is 1. The van der Waals surface area contributed by atoms with Crippen molar-refractivity contribution in [2.45, 2.75) is 0 Å². The summed E-state index contributed by atoms with van der Waals surface area (Å²) in [6, 6.07) is 13.2. The molecule has 0 spiro atoms. The summed E-state index contributed by atoms with van der Waals surface area (Å²) in [4.78, 5) is 28.6. The van der Waals surface area contributed by atoms with E-state index < -0.39 is 22.8 Å². The Balaban J connectivity index is 2.18. The predicted octanol–water partition coefficient (Wildman–Crippen LogP) is 2.22. The van der Waals surface area contributed by atoms with Crippen molar-refractivity contribution < 1.29 is 15.0 Å². The largest absolute Gasteiger partial charge is 0.507 e. The van der Waals surface area contributed by atoms with Gasteiger partial charge in [-0.15, -0.1) is 0 Å². The van der Waals surface area contributed by atoms with Gasteiger partial charge in [0.05, 0.1) is 10.9 Å². The molecule has 0 bridgehead atoms. The molecule has 23 heavy (non-hydrogen) atoms. The number of fused-ring (bicyclic) bond motifs is 1. The molecule has 3 rings (SSSR count). The fourth-order valence-electron chi connectivity index (χ4n) is 2.45. The van der Waals surface area contributed by atoms with Gasteiger partial charge in [-0.1, -0.05) is 24.3 Å². The van der Waals surface area contributed by atoms with Crippen LogP contribution in [0.4, 0.5) is 5.69 Å². The number of benzene rings is 2. The number of anilines is 1. The molecular weight excluding hydrogens is 296 g/mol. The number of aromatic hydroxyl groups is 2. The average molecular weight is 310 g/mol. The number of para-hydroxylation sites is 1. The first kappa shape index (κ1) is 14.6. The van der Waals surface area contributed by atoms with Crippen molar-refractivity contribution in [2.24, 2.45) is 0 Å². The molecule has 0 fully saturated rings. The van der Waals surface area contributed by atoms with Gasteiger partial charge in [0.2, 0.25) is 0 Å². The molecule has 116 valence electrons. The molecule has 0 aliphatic rings. The Labute approximate surface area is 131 Å². The summed E-state index contributed by atoms with van der Waals surface area (Å²) in [6.45, 7) is 0. The normalized spacial score (nSPS) is 10.7. The van der Waals surface area contributed by atoms with Crippen LogP contribution < -0.4 is 10.5 Å². The Kier molecular flexibility index (Phi) is 3.50. The summed E-state index contributed by atoms with van der Waals surface area (Å²) in [5.41, 5.74) is -0.293. The first-order valence-electron chi connectivity index (χ1n) is 6.90. The zero-order valence-electron chi connectivity index (χ0n) is 12.3. The molecule has 3 N–H and O–H groups in total. The Bertz CT molecular complexity index is 948. The molecule has 1 aromatic heterocycles. The van der Waals surface area contributed by atoms with Gasteiger partial charge in [-0.3, -0.25) is 9.59 Å². The second-order valence-corrected chi connectivity index (χ2v) is 5.08. The Morgan fingerprint density at radius 2 is 1.74 bits per heavy atom. The van der Waals surface area contributed by atoms with Gasteiger partial charge in [0, 0.05) is 12.7 Å². The number of phenols is 1. The number of nitrogens with one attached hydrogen (secondary N) is 1. The smallest absolute Gasteiger partial charge is 0.267 e. The summed E-state index contributed by atoms with van der Waals surface area (Å²) in [5.74, 6) is -1.41. The van der Waals surface area contributed by atoms with Crippen LogP contribution in [0.25, 0.3) is 10.9 Å². The third-order valence-corrected chi connectivity index (χ3v) is 3.65. The number of rotatable bonds is 2. The number of carbonyl (C=O) groups excluding carboxylic acids is 1. The van der Waals surface area contributed by atoms with Crippen LogP contribution >= 0.6 is 0 Å². The number of amides is 1. The van der Waals surface area contributed by atoms with E-state index in [2.05, 4.69) is 4.98 Å². The number of pyridine rings is 1. The number of hydrogen-bond acceptors (Lipinski definition) is 4. The minimum absolute atomic E-state index is 0.0388. The third kappa shape index (κ3) is 2.40. The highest BCUT2D eigenvalue weighted by Gasteiger charge is 2.24. The van der Waals surface area contributed by atoms with Crippen LogP contribution in [0, 0.1) is 0 Å². The Hall–Kier alpha value is -3.28. The van der Waals surface area contributed by atoms with Crippen LogP contribution in [0.1, 0.15) is 10.4 Å². The zero-order valence-corrected chi connectivity index (χ0v) is 12.3. The first-order valence-corrected chi connectivity index (χ1v) is 6.90. The van der Waals surface area contributed by atoms with E-state index in [-0.39, 0.29) is 16.7 Å². The SMILES string of the molecule is CN(C(=O)c1c(O)c2c(O)cccc2[nH]c1=O)c1ccccc1. The van der Waals surface area contributed by atoms with Crippen molar-refractivity contribution in [1.82, 2.24) is 4.98 Å². The maximum absolute atomic E-state index is 12.6. The van der Waals surface area contributed by atoms with Crippen LogP contribution in [0.15, 0.2) is 53.3 Å². The second-order valence-electron chi connectivity index (χ2n) is 5.08. The van der Waals surface area contributed by atoms with Crippen molar-refractivity contribution in [1.29, 1.82) is 0 Å². The van der Waals surface area contributed by atoms with Gasteiger partial charge >= 0.3 is 0 Å². The number of hydrogen-bond donors (Lipinski definition) is 3. The minimum atomic E-state index is -0.714. The molecule has 0 aliphatic carbocycles.